The van der Waals surface area contributed by atoms with Crippen LogP contribution in [0.25, 0.3) is 0 Å². The van der Waals surface area contributed by atoms with Gasteiger partial charge < -0.3 is 10.6 Å². The molecule has 2 N–H and O–H groups in total. The predicted molar refractivity (Wildman–Crippen MR) is 88.1 cm³/mol. The number of pyridine rings is 1. The lowest BCUT2D eigenvalue weighted by molar-refractivity contribution is 1.02. The summed E-state index contributed by atoms with van der Waals surface area (Å²) in [5.74, 6) is 1.52. The standard InChI is InChI=1S/C17H17N5/c1-13-6-2-3-8-15(13)22-17-10-16(20-12-21-17)19-11-14-7-4-5-9-18-14/h2-10,12H,11H2,1H3,(H2,19,20,21,22). The maximum atomic E-state index is 4.27. The molecule has 0 saturated carbocycles. The van der Waals surface area contributed by atoms with E-state index in [4.69, 9.17) is 0 Å². The van der Waals surface area contributed by atoms with Crippen molar-refractivity contribution in [1.82, 2.24) is 15.0 Å². The average Bonchev–Trinajstić information content (AvgIpc) is 2.57. The first-order chi connectivity index (χ1) is 10.8. The highest BCUT2D eigenvalue weighted by molar-refractivity contribution is 5.61. The Labute approximate surface area is 129 Å². The molecule has 0 radical (unpaired) electrons. The van der Waals surface area contributed by atoms with Gasteiger partial charge in [-0.3, -0.25) is 4.98 Å². The van der Waals surface area contributed by atoms with Crippen LogP contribution in [0.15, 0.2) is 61.1 Å². The van der Waals surface area contributed by atoms with Gasteiger partial charge in [-0.25, -0.2) is 9.97 Å². The van der Waals surface area contributed by atoms with E-state index in [9.17, 15) is 0 Å². The van der Waals surface area contributed by atoms with E-state index in [0.29, 0.717) is 6.54 Å². The third-order valence-electron chi connectivity index (χ3n) is 3.25. The normalized spacial score (nSPS) is 10.2. The molecule has 0 saturated heterocycles. The fourth-order valence-corrected chi connectivity index (χ4v) is 2.06. The van der Waals surface area contributed by atoms with Gasteiger partial charge in [0.15, 0.2) is 0 Å². The molecule has 2 heterocycles. The summed E-state index contributed by atoms with van der Waals surface area (Å²) in [6.07, 6.45) is 3.32. The molecule has 5 heteroatoms. The number of anilines is 3. The molecule has 3 rings (SSSR count). The fraction of sp³-hybridized carbons (Fsp3) is 0.118. The lowest BCUT2D eigenvalue weighted by Gasteiger charge is -2.10. The molecular formula is C17H17N5. The van der Waals surface area contributed by atoms with Gasteiger partial charge in [0.25, 0.3) is 0 Å². The molecule has 5 nitrogen and oxygen atoms in total. The van der Waals surface area contributed by atoms with Gasteiger partial charge in [0.1, 0.15) is 18.0 Å². The van der Waals surface area contributed by atoms with Crippen molar-refractivity contribution in [3.8, 4) is 0 Å². The second-order valence-electron chi connectivity index (χ2n) is 4.90. The van der Waals surface area contributed by atoms with E-state index >= 15 is 0 Å². The van der Waals surface area contributed by atoms with E-state index in [0.717, 1.165) is 23.0 Å². The van der Waals surface area contributed by atoms with Crippen molar-refractivity contribution >= 4 is 17.3 Å². The Hall–Kier alpha value is -2.95. The molecule has 0 spiro atoms. The third-order valence-corrected chi connectivity index (χ3v) is 3.25. The van der Waals surface area contributed by atoms with E-state index in [2.05, 4.69) is 38.6 Å². The molecule has 0 atom stereocenters. The van der Waals surface area contributed by atoms with Crippen molar-refractivity contribution in [2.45, 2.75) is 13.5 Å². The first-order valence-corrected chi connectivity index (χ1v) is 7.10. The fourth-order valence-electron chi connectivity index (χ4n) is 2.06. The van der Waals surface area contributed by atoms with Gasteiger partial charge in [-0.15, -0.1) is 0 Å². The Bertz CT molecular complexity index is 743. The van der Waals surface area contributed by atoms with Crippen LogP contribution in [-0.4, -0.2) is 15.0 Å². The number of benzene rings is 1. The van der Waals surface area contributed by atoms with Crippen molar-refractivity contribution in [2.24, 2.45) is 0 Å². The molecule has 0 aliphatic heterocycles. The van der Waals surface area contributed by atoms with E-state index in [1.807, 2.05) is 42.5 Å². The third kappa shape index (κ3) is 3.58. The van der Waals surface area contributed by atoms with E-state index < -0.39 is 0 Å². The second-order valence-corrected chi connectivity index (χ2v) is 4.90. The highest BCUT2D eigenvalue weighted by Crippen LogP contribution is 2.19. The Morgan fingerprint density at radius 3 is 2.55 bits per heavy atom. The smallest absolute Gasteiger partial charge is 0.135 e. The minimum atomic E-state index is 0.627. The molecular weight excluding hydrogens is 274 g/mol. The van der Waals surface area contributed by atoms with Gasteiger partial charge in [-0.1, -0.05) is 24.3 Å². The maximum Gasteiger partial charge on any atom is 0.135 e. The summed E-state index contributed by atoms with van der Waals surface area (Å²) in [5, 5.41) is 6.55. The zero-order valence-electron chi connectivity index (χ0n) is 12.3. The van der Waals surface area contributed by atoms with Gasteiger partial charge in [-0.2, -0.15) is 0 Å². The molecule has 0 bridgehead atoms. The molecule has 2 aromatic heterocycles. The summed E-state index contributed by atoms with van der Waals surface area (Å²) in [7, 11) is 0. The van der Waals surface area contributed by atoms with Crippen LogP contribution in [0.3, 0.4) is 0 Å². The van der Waals surface area contributed by atoms with Crippen LogP contribution in [0, 0.1) is 6.92 Å². The summed E-state index contributed by atoms with van der Waals surface area (Å²) < 4.78 is 0. The highest BCUT2D eigenvalue weighted by Gasteiger charge is 2.02. The van der Waals surface area contributed by atoms with Gasteiger partial charge >= 0.3 is 0 Å². The Morgan fingerprint density at radius 1 is 0.909 bits per heavy atom. The number of nitrogens with zero attached hydrogens (tertiary/aromatic N) is 3. The number of rotatable bonds is 5. The monoisotopic (exact) mass is 291 g/mol. The van der Waals surface area contributed by atoms with Crippen LogP contribution >= 0.6 is 0 Å². The minimum Gasteiger partial charge on any atom is -0.364 e. The summed E-state index contributed by atoms with van der Waals surface area (Å²) in [6.45, 7) is 2.69. The lowest BCUT2D eigenvalue weighted by atomic mass is 10.2. The van der Waals surface area contributed by atoms with E-state index in [1.54, 1.807) is 12.5 Å². The Balaban J connectivity index is 1.69. The molecule has 0 amide bonds. The number of aromatic nitrogens is 3. The zero-order chi connectivity index (χ0) is 15.2. The molecule has 0 aliphatic carbocycles. The largest absolute Gasteiger partial charge is 0.364 e. The minimum absolute atomic E-state index is 0.627. The molecule has 0 aliphatic rings. The number of hydrogen-bond acceptors (Lipinski definition) is 5. The summed E-state index contributed by atoms with van der Waals surface area (Å²) in [6, 6.07) is 15.8. The van der Waals surface area contributed by atoms with Crippen LogP contribution < -0.4 is 10.6 Å². The summed E-state index contributed by atoms with van der Waals surface area (Å²) >= 11 is 0. The average molecular weight is 291 g/mol. The molecule has 3 aromatic rings. The van der Waals surface area contributed by atoms with E-state index in [-0.39, 0.29) is 0 Å². The van der Waals surface area contributed by atoms with Crippen LogP contribution in [0.5, 0.6) is 0 Å². The van der Waals surface area contributed by atoms with Gasteiger partial charge in [-0.05, 0) is 30.7 Å². The lowest BCUT2D eigenvalue weighted by Crippen LogP contribution is -2.04. The molecule has 22 heavy (non-hydrogen) atoms. The van der Waals surface area contributed by atoms with Crippen LogP contribution in [0.1, 0.15) is 11.3 Å². The van der Waals surface area contributed by atoms with Crippen LogP contribution in [-0.2, 0) is 6.54 Å². The molecule has 0 fully saturated rings. The van der Waals surface area contributed by atoms with Crippen molar-refractivity contribution in [3.63, 3.8) is 0 Å². The number of nitrogens with one attached hydrogen (secondary N) is 2. The van der Waals surface area contributed by atoms with E-state index in [1.165, 1.54) is 5.56 Å². The van der Waals surface area contributed by atoms with Crippen LogP contribution in [0.4, 0.5) is 17.3 Å². The van der Waals surface area contributed by atoms with Crippen molar-refractivity contribution < 1.29 is 0 Å². The second kappa shape index (κ2) is 6.67. The first-order valence-electron chi connectivity index (χ1n) is 7.10. The maximum absolute atomic E-state index is 4.27. The number of para-hydroxylation sites is 1. The van der Waals surface area contributed by atoms with Gasteiger partial charge in [0.2, 0.25) is 0 Å². The Morgan fingerprint density at radius 2 is 1.73 bits per heavy atom. The Kier molecular flexibility index (Phi) is 4.25. The predicted octanol–water partition coefficient (Wildman–Crippen LogP) is 3.54. The van der Waals surface area contributed by atoms with Gasteiger partial charge in [0, 0.05) is 18.0 Å². The van der Waals surface area contributed by atoms with Crippen LogP contribution in [0.2, 0.25) is 0 Å². The molecule has 110 valence electrons. The number of aryl methyl sites for hydroxylation is 1. The zero-order valence-corrected chi connectivity index (χ0v) is 12.3. The summed E-state index contributed by atoms with van der Waals surface area (Å²) in [5.41, 5.74) is 3.18. The quantitative estimate of drug-likeness (QED) is 0.753. The first kappa shape index (κ1) is 14.0. The van der Waals surface area contributed by atoms with Crippen molar-refractivity contribution in [1.29, 1.82) is 0 Å². The van der Waals surface area contributed by atoms with Crippen molar-refractivity contribution in [2.75, 3.05) is 10.6 Å². The number of hydrogen-bond donors (Lipinski definition) is 2. The molecule has 1 aromatic carbocycles. The van der Waals surface area contributed by atoms with Gasteiger partial charge in [0.05, 0.1) is 12.2 Å². The topological polar surface area (TPSA) is 62.7 Å². The SMILES string of the molecule is Cc1ccccc1Nc1cc(NCc2ccccn2)ncn1. The highest BCUT2D eigenvalue weighted by atomic mass is 15.1. The van der Waals surface area contributed by atoms with Crippen molar-refractivity contribution in [3.05, 3.63) is 72.3 Å². The molecule has 0 unspecified atom stereocenters. The summed E-state index contributed by atoms with van der Waals surface area (Å²) in [4.78, 5) is 12.8.